The van der Waals surface area contributed by atoms with Crippen LogP contribution in [-0.2, 0) is 4.79 Å². The molecule has 0 spiro atoms. The van der Waals surface area contributed by atoms with Gasteiger partial charge in [-0.15, -0.1) is 0 Å². The maximum Gasteiger partial charge on any atom is 0.284 e. The van der Waals surface area contributed by atoms with Crippen LogP contribution >= 0.6 is 15.9 Å². The Hall–Kier alpha value is -2.41. The Morgan fingerprint density at radius 1 is 1.30 bits per heavy atom. The Balaban J connectivity index is 1.59. The van der Waals surface area contributed by atoms with E-state index in [0.29, 0.717) is 21.5 Å². The Kier molecular flexibility index (Phi) is 4.57. The molecule has 118 valence electrons. The monoisotopic (exact) mass is 378 g/mol. The van der Waals surface area contributed by atoms with Crippen molar-refractivity contribution in [2.45, 2.75) is 6.10 Å². The molecule has 7 heteroatoms. The minimum absolute atomic E-state index is 0.112. The van der Waals surface area contributed by atoms with E-state index >= 15 is 0 Å². The van der Waals surface area contributed by atoms with Gasteiger partial charge in [0.25, 0.3) is 5.91 Å². The SMILES string of the molecule is O=C(N/N=C\c1ccc(F)c(Br)c1)[C@H]1COc2ccccc2O1. The lowest BCUT2D eigenvalue weighted by molar-refractivity contribution is -0.130. The molecule has 5 nitrogen and oxygen atoms in total. The fourth-order valence-electron chi connectivity index (χ4n) is 1.98. The van der Waals surface area contributed by atoms with E-state index in [9.17, 15) is 9.18 Å². The van der Waals surface area contributed by atoms with Gasteiger partial charge in [-0.2, -0.15) is 5.10 Å². The van der Waals surface area contributed by atoms with Crippen molar-refractivity contribution in [3.63, 3.8) is 0 Å². The second-order valence-electron chi connectivity index (χ2n) is 4.77. The lowest BCUT2D eigenvalue weighted by Gasteiger charge is -2.24. The van der Waals surface area contributed by atoms with Gasteiger partial charge in [-0.05, 0) is 45.8 Å². The van der Waals surface area contributed by atoms with Crippen molar-refractivity contribution in [3.8, 4) is 11.5 Å². The second-order valence-corrected chi connectivity index (χ2v) is 5.63. The summed E-state index contributed by atoms with van der Waals surface area (Å²) >= 11 is 3.08. The number of hydrogen-bond donors (Lipinski definition) is 1. The summed E-state index contributed by atoms with van der Waals surface area (Å²) in [6, 6.07) is 11.5. The molecule has 0 aromatic heterocycles. The van der Waals surface area contributed by atoms with Gasteiger partial charge in [0.05, 0.1) is 10.7 Å². The third-order valence-electron chi connectivity index (χ3n) is 3.13. The molecule has 2 aromatic carbocycles. The van der Waals surface area contributed by atoms with Crippen LogP contribution in [0.15, 0.2) is 52.0 Å². The van der Waals surface area contributed by atoms with Crippen LogP contribution in [0.1, 0.15) is 5.56 Å². The largest absolute Gasteiger partial charge is 0.485 e. The van der Waals surface area contributed by atoms with Gasteiger partial charge in [-0.3, -0.25) is 4.79 Å². The summed E-state index contributed by atoms with van der Waals surface area (Å²) in [5.74, 6) is 0.344. The average molecular weight is 379 g/mol. The summed E-state index contributed by atoms with van der Waals surface area (Å²) in [5.41, 5.74) is 3.03. The molecule has 1 aliphatic heterocycles. The number of para-hydroxylation sites is 2. The first kappa shape index (κ1) is 15.5. The third-order valence-corrected chi connectivity index (χ3v) is 3.74. The molecular weight excluding hydrogens is 367 g/mol. The van der Waals surface area contributed by atoms with Crippen LogP contribution in [0.25, 0.3) is 0 Å². The van der Waals surface area contributed by atoms with E-state index in [2.05, 4.69) is 26.5 Å². The molecule has 2 aromatic rings. The van der Waals surface area contributed by atoms with Gasteiger partial charge < -0.3 is 9.47 Å². The number of carbonyl (C=O) groups is 1. The normalized spacial score (nSPS) is 16.3. The first-order chi connectivity index (χ1) is 11.1. The van der Waals surface area contributed by atoms with Crippen molar-refractivity contribution in [2.75, 3.05) is 6.61 Å². The zero-order valence-corrected chi connectivity index (χ0v) is 13.4. The molecule has 0 radical (unpaired) electrons. The molecule has 1 aliphatic rings. The van der Waals surface area contributed by atoms with Gasteiger partial charge in [0.2, 0.25) is 6.10 Å². The van der Waals surface area contributed by atoms with Gasteiger partial charge in [0, 0.05) is 0 Å². The minimum atomic E-state index is -0.776. The van der Waals surface area contributed by atoms with Gasteiger partial charge in [-0.1, -0.05) is 18.2 Å². The van der Waals surface area contributed by atoms with Crippen molar-refractivity contribution in [1.29, 1.82) is 0 Å². The highest BCUT2D eigenvalue weighted by atomic mass is 79.9. The first-order valence-corrected chi connectivity index (χ1v) is 7.59. The first-order valence-electron chi connectivity index (χ1n) is 6.80. The Morgan fingerprint density at radius 3 is 2.87 bits per heavy atom. The molecule has 23 heavy (non-hydrogen) atoms. The Labute approximate surface area is 140 Å². The number of carbonyl (C=O) groups excluding carboxylic acids is 1. The van der Waals surface area contributed by atoms with E-state index in [4.69, 9.17) is 9.47 Å². The van der Waals surface area contributed by atoms with Gasteiger partial charge in [-0.25, -0.2) is 9.82 Å². The van der Waals surface area contributed by atoms with Crippen molar-refractivity contribution < 1.29 is 18.7 Å². The van der Waals surface area contributed by atoms with E-state index in [1.807, 2.05) is 6.07 Å². The van der Waals surface area contributed by atoms with Gasteiger partial charge in [0.15, 0.2) is 11.5 Å². The number of ether oxygens (including phenoxy) is 2. The number of nitrogens with one attached hydrogen (secondary N) is 1. The summed E-state index contributed by atoms with van der Waals surface area (Å²) in [4.78, 5) is 12.0. The van der Waals surface area contributed by atoms with Crippen molar-refractivity contribution >= 4 is 28.1 Å². The molecular formula is C16H12BrFN2O3. The minimum Gasteiger partial charge on any atom is -0.485 e. The number of hydrazone groups is 1. The number of halogens is 2. The van der Waals surface area contributed by atoms with E-state index in [-0.39, 0.29) is 12.4 Å². The van der Waals surface area contributed by atoms with Crippen LogP contribution in [0.4, 0.5) is 4.39 Å². The summed E-state index contributed by atoms with van der Waals surface area (Å²) < 4.78 is 24.5. The molecule has 0 bridgehead atoms. The molecule has 1 N–H and O–H groups in total. The van der Waals surface area contributed by atoms with Crippen molar-refractivity contribution in [3.05, 3.63) is 58.3 Å². The highest BCUT2D eigenvalue weighted by Crippen LogP contribution is 2.30. The molecule has 1 amide bonds. The van der Waals surface area contributed by atoms with Crippen LogP contribution in [-0.4, -0.2) is 24.8 Å². The molecule has 0 saturated carbocycles. The van der Waals surface area contributed by atoms with Crippen LogP contribution in [0, 0.1) is 5.82 Å². The molecule has 0 unspecified atom stereocenters. The zero-order chi connectivity index (χ0) is 16.2. The molecule has 1 heterocycles. The summed E-state index contributed by atoms with van der Waals surface area (Å²) in [7, 11) is 0. The van der Waals surface area contributed by atoms with E-state index < -0.39 is 12.0 Å². The standard InChI is InChI=1S/C16H12BrFN2O3/c17-11-7-10(5-6-12(11)18)8-19-20-16(21)15-9-22-13-3-1-2-4-14(13)23-15/h1-8,15H,9H2,(H,20,21)/b19-8-/t15-/m1/s1. The average Bonchev–Trinajstić information content (AvgIpc) is 2.57. The van der Waals surface area contributed by atoms with E-state index in [1.54, 1.807) is 30.3 Å². The van der Waals surface area contributed by atoms with Gasteiger partial charge in [0.1, 0.15) is 12.4 Å². The van der Waals surface area contributed by atoms with E-state index in [1.165, 1.54) is 12.3 Å². The number of fused-ring (bicyclic) bond motifs is 1. The summed E-state index contributed by atoms with van der Waals surface area (Å²) in [6.45, 7) is 0.112. The van der Waals surface area contributed by atoms with Crippen LogP contribution in [0.2, 0.25) is 0 Å². The third kappa shape index (κ3) is 3.68. The topological polar surface area (TPSA) is 59.9 Å². The highest BCUT2D eigenvalue weighted by molar-refractivity contribution is 9.10. The number of amides is 1. The molecule has 0 fully saturated rings. The maximum atomic E-state index is 13.1. The van der Waals surface area contributed by atoms with Gasteiger partial charge >= 0.3 is 0 Å². The highest BCUT2D eigenvalue weighted by Gasteiger charge is 2.26. The number of rotatable bonds is 3. The zero-order valence-electron chi connectivity index (χ0n) is 11.8. The van der Waals surface area contributed by atoms with Crippen LogP contribution in [0.3, 0.4) is 0 Å². The lowest BCUT2D eigenvalue weighted by atomic mass is 10.2. The van der Waals surface area contributed by atoms with Crippen molar-refractivity contribution in [2.24, 2.45) is 5.10 Å². The lowest BCUT2D eigenvalue weighted by Crippen LogP contribution is -2.42. The number of nitrogens with zero attached hydrogens (tertiary/aromatic N) is 1. The maximum absolute atomic E-state index is 13.1. The fourth-order valence-corrected chi connectivity index (χ4v) is 2.38. The predicted octanol–water partition coefficient (Wildman–Crippen LogP) is 2.88. The van der Waals surface area contributed by atoms with E-state index in [0.717, 1.165) is 0 Å². The molecule has 0 aliphatic carbocycles. The van der Waals surface area contributed by atoms with Crippen LogP contribution < -0.4 is 14.9 Å². The summed E-state index contributed by atoms with van der Waals surface area (Å²) in [6.07, 6.45) is 0.640. The molecule has 1 atom stereocenters. The van der Waals surface area contributed by atoms with Crippen molar-refractivity contribution in [1.82, 2.24) is 5.43 Å². The Bertz CT molecular complexity index is 767. The quantitative estimate of drug-likeness (QED) is 0.659. The predicted molar refractivity (Wildman–Crippen MR) is 86.2 cm³/mol. The smallest absolute Gasteiger partial charge is 0.284 e. The van der Waals surface area contributed by atoms with Crippen LogP contribution in [0.5, 0.6) is 11.5 Å². The Morgan fingerprint density at radius 2 is 2.09 bits per heavy atom. The molecule has 0 saturated heterocycles. The number of hydrogen-bond acceptors (Lipinski definition) is 4. The number of benzene rings is 2. The molecule has 3 rings (SSSR count). The fraction of sp³-hybridized carbons (Fsp3) is 0.125. The summed E-state index contributed by atoms with van der Waals surface area (Å²) in [5, 5.41) is 3.84. The second kappa shape index (κ2) is 6.78.